The molecule has 0 fully saturated rings. The molecule has 0 spiro atoms. The van der Waals surface area contributed by atoms with E-state index >= 15 is 0 Å². The summed E-state index contributed by atoms with van der Waals surface area (Å²) in [5.74, 6) is 0.963. The largest absolute Gasteiger partial charge is 0.495 e. The van der Waals surface area contributed by atoms with Crippen LogP contribution in [0.4, 0.5) is 5.69 Å². The second-order valence-electron chi connectivity index (χ2n) is 5.52. The predicted octanol–water partition coefficient (Wildman–Crippen LogP) is 4.86. The molecular formula is C19H25ClIN3O2. The van der Waals surface area contributed by atoms with Gasteiger partial charge in [-0.1, -0.05) is 41.9 Å². The molecule has 142 valence electrons. The minimum Gasteiger partial charge on any atom is -0.495 e. The summed E-state index contributed by atoms with van der Waals surface area (Å²) in [6.07, 6.45) is 0.866. The van der Waals surface area contributed by atoms with Gasteiger partial charge in [0.25, 0.3) is 0 Å². The maximum atomic E-state index is 6.08. The number of methoxy groups -OCH3 is 1. The lowest BCUT2D eigenvalue weighted by Gasteiger charge is -2.13. The normalized spacial score (nSPS) is 12.2. The maximum Gasteiger partial charge on any atom is 0.193 e. The molecular weight excluding hydrogens is 465 g/mol. The van der Waals surface area contributed by atoms with Crippen LogP contribution in [0, 0.1) is 0 Å². The highest BCUT2D eigenvalue weighted by atomic mass is 127. The SMILES string of the molecule is COc1ccc(NC(N)=NCCCOC(C)c2ccccc2)cc1Cl.I. The summed E-state index contributed by atoms with van der Waals surface area (Å²) in [6.45, 7) is 3.26. The lowest BCUT2D eigenvalue weighted by molar-refractivity contribution is 0.0652. The van der Waals surface area contributed by atoms with E-state index in [-0.39, 0.29) is 30.1 Å². The fraction of sp³-hybridized carbons (Fsp3) is 0.316. The number of anilines is 1. The van der Waals surface area contributed by atoms with Crippen LogP contribution in [0.1, 0.15) is 25.0 Å². The highest BCUT2D eigenvalue weighted by Crippen LogP contribution is 2.27. The van der Waals surface area contributed by atoms with E-state index in [0.29, 0.717) is 29.9 Å². The van der Waals surface area contributed by atoms with Gasteiger partial charge in [0.1, 0.15) is 5.75 Å². The first-order chi connectivity index (χ1) is 12.1. The first-order valence-electron chi connectivity index (χ1n) is 8.17. The van der Waals surface area contributed by atoms with Crippen LogP contribution in [0.2, 0.25) is 5.02 Å². The van der Waals surface area contributed by atoms with Gasteiger partial charge in [-0.2, -0.15) is 0 Å². The standard InChI is InChI=1S/C19H24ClN3O2.HI/c1-14(15-7-4-3-5-8-15)25-12-6-11-22-19(21)23-16-9-10-18(24-2)17(20)13-16;/h3-5,7-10,13-14H,6,11-12H2,1-2H3,(H3,21,22,23);1H. The molecule has 0 amide bonds. The van der Waals surface area contributed by atoms with Gasteiger partial charge >= 0.3 is 0 Å². The second kappa shape index (κ2) is 12.0. The number of hydrogen-bond acceptors (Lipinski definition) is 3. The summed E-state index contributed by atoms with van der Waals surface area (Å²) >= 11 is 6.08. The van der Waals surface area contributed by atoms with E-state index in [0.717, 1.165) is 12.1 Å². The molecule has 0 bridgehead atoms. The van der Waals surface area contributed by atoms with Gasteiger partial charge in [0.05, 0.1) is 18.2 Å². The lowest BCUT2D eigenvalue weighted by atomic mass is 10.1. The van der Waals surface area contributed by atoms with Gasteiger partial charge < -0.3 is 20.5 Å². The number of benzene rings is 2. The molecule has 2 aromatic rings. The number of aliphatic imine (C=N–C) groups is 1. The molecule has 1 unspecified atom stereocenters. The quantitative estimate of drug-likeness (QED) is 0.240. The van der Waals surface area contributed by atoms with Gasteiger partial charge in [-0.15, -0.1) is 24.0 Å². The molecule has 0 aromatic heterocycles. The van der Waals surface area contributed by atoms with Crippen LogP contribution in [0.15, 0.2) is 53.5 Å². The highest BCUT2D eigenvalue weighted by Gasteiger charge is 2.04. The number of halogens is 2. The minimum absolute atomic E-state index is 0. The molecule has 3 N–H and O–H groups in total. The van der Waals surface area contributed by atoms with Crippen molar-refractivity contribution in [3.8, 4) is 5.75 Å². The number of nitrogens with two attached hydrogens (primary N) is 1. The second-order valence-corrected chi connectivity index (χ2v) is 5.93. The van der Waals surface area contributed by atoms with Crippen molar-refractivity contribution in [2.75, 3.05) is 25.6 Å². The molecule has 5 nitrogen and oxygen atoms in total. The Morgan fingerprint density at radius 1 is 1.23 bits per heavy atom. The number of hydrogen-bond donors (Lipinski definition) is 2. The lowest BCUT2D eigenvalue weighted by Crippen LogP contribution is -2.23. The van der Waals surface area contributed by atoms with Crippen LogP contribution >= 0.6 is 35.6 Å². The average molecular weight is 490 g/mol. The van der Waals surface area contributed by atoms with Crippen LogP contribution in [-0.2, 0) is 4.74 Å². The van der Waals surface area contributed by atoms with Crippen LogP contribution < -0.4 is 15.8 Å². The Bertz CT molecular complexity index is 698. The maximum absolute atomic E-state index is 6.08. The Balaban J connectivity index is 0.00000338. The molecule has 2 rings (SSSR count). The van der Waals surface area contributed by atoms with Gasteiger partial charge in [0, 0.05) is 18.8 Å². The van der Waals surface area contributed by atoms with Crippen molar-refractivity contribution >= 4 is 47.2 Å². The fourth-order valence-corrected chi connectivity index (χ4v) is 2.53. The van der Waals surface area contributed by atoms with Crippen LogP contribution in [0.25, 0.3) is 0 Å². The van der Waals surface area contributed by atoms with E-state index in [4.69, 9.17) is 26.8 Å². The van der Waals surface area contributed by atoms with E-state index in [9.17, 15) is 0 Å². The Kier molecular flexibility index (Phi) is 10.4. The fourth-order valence-electron chi connectivity index (χ4n) is 2.28. The molecule has 2 aromatic carbocycles. The third kappa shape index (κ3) is 7.39. The molecule has 0 saturated heterocycles. The number of ether oxygens (including phenoxy) is 2. The van der Waals surface area contributed by atoms with E-state index in [1.165, 1.54) is 5.56 Å². The molecule has 0 heterocycles. The highest BCUT2D eigenvalue weighted by molar-refractivity contribution is 14.0. The first kappa shape index (κ1) is 22.5. The zero-order valence-electron chi connectivity index (χ0n) is 14.9. The van der Waals surface area contributed by atoms with E-state index in [2.05, 4.69) is 22.4 Å². The van der Waals surface area contributed by atoms with Crippen LogP contribution in [-0.4, -0.2) is 26.2 Å². The molecule has 0 aliphatic heterocycles. The molecule has 7 heteroatoms. The molecule has 0 radical (unpaired) electrons. The minimum atomic E-state index is 0. The van der Waals surface area contributed by atoms with Crippen molar-refractivity contribution in [1.29, 1.82) is 0 Å². The number of rotatable bonds is 8. The summed E-state index contributed by atoms with van der Waals surface area (Å²) < 4.78 is 10.9. The summed E-state index contributed by atoms with van der Waals surface area (Å²) in [4.78, 5) is 4.29. The number of nitrogens with one attached hydrogen (secondary N) is 1. The third-order valence-electron chi connectivity index (χ3n) is 3.65. The van der Waals surface area contributed by atoms with E-state index in [1.807, 2.05) is 31.2 Å². The van der Waals surface area contributed by atoms with Gasteiger partial charge in [-0.25, -0.2) is 0 Å². The summed E-state index contributed by atoms with van der Waals surface area (Å²) in [7, 11) is 1.57. The first-order valence-corrected chi connectivity index (χ1v) is 8.55. The van der Waals surface area contributed by atoms with Gasteiger partial charge in [-0.05, 0) is 37.1 Å². The average Bonchev–Trinajstić information content (AvgIpc) is 2.62. The molecule has 0 aliphatic rings. The van der Waals surface area contributed by atoms with E-state index < -0.39 is 0 Å². The van der Waals surface area contributed by atoms with E-state index in [1.54, 1.807) is 19.2 Å². The smallest absolute Gasteiger partial charge is 0.193 e. The van der Waals surface area contributed by atoms with Gasteiger partial charge in [0.2, 0.25) is 0 Å². The van der Waals surface area contributed by atoms with Crippen LogP contribution in [0.3, 0.4) is 0 Å². The molecule has 1 atom stereocenters. The summed E-state index contributed by atoms with van der Waals surface area (Å²) in [5, 5.41) is 3.52. The van der Waals surface area contributed by atoms with Crippen molar-refractivity contribution in [1.82, 2.24) is 0 Å². The zero-order chi connectivity index (χ0) is 18.1. The number of nitrogens with zero attached hydrogens (tertiary/aromatic N) is 1. The Morgan fingerprint density at radius 2 is 1.96 bits per heavy atom. The Hall–Kier alpha value is -1.51. The summed E-state index contributed by atoms with van der Waals surface area (Å²) in [5.41, 5.74) is 7.82. The molecule has 26 heavy (non-hydrogen) atoms. The Labute approximate surface area is 177 Å². The zero-order valence-corrected chi connectivity index (χ0v) is 18.0. The topological polar surface area (TPSA) is 68.9 Å². The van der Waals surface area contributed by atoms with Crippen molar-refractivity contribution in [2.45, 2.75) is 19.4 Å². The third-order valence-corrected chi connectivity index (χ3v) is 3.94. The molecule has 0 aliphatic carbocycles. The summed E-state index contributed by atoms with van der Waals surface area (Å²) in [6, 6.07) is 15.5. The number of guanidine groups is 1. The van der Waals surface area contributed by atoms with Gasteiger partial charge in [-0.3, -0.25) is 4.99 Å². The van der Waals surface area contributed by atoms with Crippen molar-refractivity contribution < 1.29 is 9.47 Å². The van der Waals surface area contributed by atoms with Crippen molar-refractivity contribution in [2.24, 2.45) is 10.7 Å². The monoisotopic (exact) mass is 489 g/mol. The molecule has 0 saturated carbocycles. The Morgan fingerprint density at radius 3 is 2.62 bits per heavy atom. The predicted molar refractivity (Wildman–Crippen MR) is 119 cm³/mol. The van der Waals surface area contributed by atoms with Crippen LogP contribution in [0.5, 0.6) is 5.75 Å². The van der Waals surface area contributed by atoms with Crippen molar-refractivity contribution in [3.05, 3.63) is 59.1 Å². The van der Waals surface area contributed by atoms with Gasteiger partial charge in [0.15, 0.2) is 5.96 Å². The van der Waals surface area contributed by atoms with Crippen molar-refractivity contribution in [3.63, 3.8) is 0 Å².